The van der Waals surface area contributed by atoms with E-state index in [2.05, 4.69) is 11.4 Å². The minimum Gasteiger partial charge on any atom is -0.508 e. The highest BCUT2D eigenvalue weighted by Gasteiger charge is 2.12. The Hall–Kier alpha value is -0.670. The molecule has 1 aliphatic heterocycles. The van der Waals surface area contributed by atoms with Crippen molar-refractivity contribution < 1.29 is 5.11 Å². The van der Waals surface area contributed by atoms with Crippen LogP contribution in [-0.2, 0) is 5.75 Å². The molecule has 1 aliphatic rings. The highest BCUT2D eigenvalue weighted by atomic mass is 32.2. The van der Waals surface area contributed by atoms with Gasteiger partial charge in [0, 0.05) is 5.75 Å². The van der Waals surface area contributed by atoms with Crippen LogP contribution in [0.3, 0.4) is 0 Å². The topological polar surface area (TPSA) is 32.3 Å². The average molecular weight is 237 g/mol. The highest BCUT2D eigenvalue weighted by molar-refractivity contribution is 7.98. The molecule has 1 fully saturated rings. The molecule has 0 aliphatic carbocycles. The van der Waals surface area contributed by atoms with Gasteiger partial charge in [0.15, 0.2) is 0 Å². The van der Waals surface area contributed by atoms with Crippen molar-refractivity contribution in [1.82, 2.24) is 5.32 Å². The molecule has 0 aromatic heterocycles. The van der Waals surface area contributed by atoms with E-state index < -0.39 is 0 Å². The first kappa shape index (κ1) is 11.8. The fraction of sp³-hybridized carbons (Fsp3) is 0.538. The number of aromatic hydroxyl groups is 1. The molecule has 0 saturated carbocycles. The standard InChI is InChI=1S/C13H19NOS/c15-13-5-1-3-11(7-13)9-16-10-12-4-2-6-14-8-12/h1,3,5,7,12,14-15H,2,4,6,8-10H2. The van der Waals surface area contributed by atoms with Gasteiger partial charge in [-0.05, 0) is 55.3 Å². The van der Waals surface area contributed by atoms with Gasteiger partial charge in [-0.25, -0.2) is 0 Å². The molecular formula is C13H19NOS. The molecule has 0 spiro atoms. The summed E-state index contributed by atoms with van der Waals surface area (Å²) in [6.45, 7) is 2.36. The summed E-state index contributed by atoms with van der Waals surface area (Å²) < 4.78 is 0. The number of benzene rings is 1. The van der Waals surface area contributed by atoms with Crippen molar-refractivity contribution in [3.63, 3.8) is 0 Å². The maximum atomic E-state index is 9.34. The van der Waals surface area contributed by atoms with Crippen molar-refractivity contribution in [1.29, 1.82) is 0 Å². The summed E-state index contributed by atoms with van der Waals surface area (Å²) in [6.07, 6.45) is 2.68. The maximum Gasteiger partial charge on any atom is 0.115 e. The van der Waals surface area contributed by atoms with E-state index in [-0.39, 0.29) is 0 Å². The van der Waals surface area contributed by atoms with Crippen molar-refractivity contribution in [2.24, 2.45) is 5.92 Å². The molecule has 2 rings (SSSR count). The Morgan fingerprint density at radius 2 is 2.38 bits per heavy atom. The first-order valence-electron chi connectivity index (χ1n) is 5.91. The fourth-order valence-electron chi connectivity index (χ4n) is 2.06. The average Bonchev–Trinajstić information content (AvgIpc) is 2.30. The summed E-state index contributed by atoms with van der Waals surface area (Å²) >= 11 is 1.97. The summed E-state index contributed by atoms with van der Waals surface area (Å²) in [5.41, 5.74) is 1.22. The van der Waals surface area contributed by atoms with E-state index >= 15 is 0 Å². The zero-order chi connectivity index (χ0) is 11.2. The number of hydrogen-bond acceptors (Lipinski definition) is 3. The van der Waals surface area contributed by atoms with Crippen LogP contribution in [0.15, 0.2) is 24.3 Å². The monoisotopic (exact) mass is 237 g/mol. The smallest absolute Gasteiger partial charge is 0.115 e. The quantitative estimate of drug-likeness (QED) is 0.844. The van der Waals surface area contributed by atoms with Gasteiger partial charge in [0.2, 0.25) is 0 Å². The molecular weight excluding hydrogens is 218 g/mol. The van der Waals surface area contributed by atoms with E-state index in [1.807, 2.05) is 23.9 Å². The fourth-order valence-corrected chi connectivity index (χ4v) is 3.21. The van der Waals surface area contributed by atoms with Gasteiger partial charge in [0.25, 0.3) is 0 Å². The first-order valence-corrected chi connectivity index (χ1v) is 7.06. The molecule has 1 heterocycles. The third-order valence-corrected chi connectivity index (χ3v) is 4.18. The molecule has 1 atom stereocenters. The van der Waals surface area contributed by atoms with Gasteiger partial charge < -0.3 is 10.4 Å². The largest absolute Gasteiger partial charge is 0.508 e. The number of hydrogen-bond donors (Lipinski definition) is 2. The third-order valence-electron chi connectivity index (χ3n) is 2.93. The molecule has 16 heavy (non-hydrogen) atoms. The van der Waals surface area contributed by atoms with Crippen molar-refractivity contribution in [2.75, 3.05) is 18.8 Å². The number of phenolic OH excluding ortho intramolecular Hbond substituents is 1. The van der Waals surface area contributed by atoms with Gasteiger partial charge >= 0.3 is 0 Å². The lowest BCUT2D eigenvalue weighted by molar-refractivity contribution is 0.410. The lowest BCUT2D eigenvalue weighted by atomic mass is 10.0. The van der Waals surface area contributed by atoms with Gasteiger partial charge in [-0.3, -0.25) is 0 Å². The van der Waals surface area contributed by atoms with Crippen LogP contribution in [0.4, 0.5) is 0 Å². The molecule has 88 valence electrons. The van der Waals surface area contributed by atoms with E-state index in [0.717, 1.165) is 11.7 Å². The van der Waals surface area contributed by atoms with Crippen molar-refractivity contribution in [3.8, 4) is 5.75 Å². The van der Waals surface area contributed by atoms with Gasteiger partial charge in [-0.15, -0.1) is 0 Å². The number of phenols is 1. The van der Waals surface area contributed by atoms with Crippen LogP contribution in [-0.4, -0.2) is 23.9 Å². The Morgan fingerprint density at radius 1 is 1.44 bits per heavy atom. The predicted molar refractivity (Wildman–Crippen MR) is 69.9 cm³/mol. The van der Waals surface area contributed by atoms with Crippen molar-refractivity contribution >= 4 is 11.8 Å². The van der Waals surface area contributed by atoms with Crippen LogP contribution >= 0.6 is 11.8 Å². The molecule has 0 bridgehead atoms. The summed E-state index contributed by atoms with van der Waals surface area (Å²) in [6, 6.07) is 7.56. The molecule has 1 saturated heterocycles. The second kappa shape index (κ2) is 6.16. The van der Waals surface area contributed by atoms with Gasteiger partial charge in [0.05, 0.1) is 0 Å². The third kappa shape index (κ3) is 3.72. The number of rotatable bonds is 4. The predicted octanol–water partition coefficient (Wildman–Crippen LogP) is 2.62. The molecule has 2 nitrogen and oxygen atoms in total. The lowest BCUT2D eigenvalue weighted by Gasteiger charge is -2.22. The Labute approximate surface area is 101 Å². The molecule has 0 amide bonds. The van der Waals surface area contributed by atoms with Gasteiger partial charge in [-0.1, -0.05) is 12.1 Å². The molecule has 1 aromatic rings. The Bertz CT molecular complexity index is 323. The summed E-state index contributed by atoms with van der Waals surface area (Å²) in [5, 5.41) is 12.8. The maximum absolute atomic E-state index is 9.34. The van der Waals surface area contributed by atoms with Gasteiger partial charge in [0.1, 0.15) is 5.75 Å². The summed E-state index contributed by atoms with van der Waals surface area (Å²) in [5.74, 6) is 3.43. The van der Waals surface area contributed by atoms with Crippen LogP contribution in [0, 0.1) is 5.92 Å². The highest BCUT2D eigenvalue weighted by Crippen LogP contribution is 2.21. The van der Waals surface area contributed by atoms with Crippen molar-refractivity contribution in [2.45, 2.75) is 18.6 Å². The molecule has 3 heteroatoms. The first-order chi connectivity index (χ1) is 7.84. The van der Waals surface area contributed by atoms with Crippen LogP contribution in [0.5, 0.6) is 5.75 Å². The zero-order valence-electron chi connectivity index (χ0n) is 9.48. The summed E-state index contributed by atoms with van der Waals surface area (Å²) in [7, 11) is 0. The SMILES string of the molecule is Oc1cccc(CSCC2CCCNC2)c1. The van der Waals surface area contributed by atoms with E-state index in [1.54, 1.807) is 6.07 Å². The second-order valence-electron chi connectivity index (χ2n) is 4.40. The van der Waals surface area contributed by atoms with E-state index in [4.69, 9.17) is 0 Å². The van der Waals surface area contributed by atoms with Gasteiger partial charge in [-0.2, -0.15) is 11.8 Å². The number of thioether (sulfide) groups is 1. The Balaban J connectivity index is 1.71. The second-order valence-corrected chi connectivity index (χ2v) is 5.43. The zero-order valence-corrected chi connectivity index (χ0v) is 10.3. The molecule has 1 unspecified atom stereocenters. The minimum absolute atomic E-state index is 0.373. The minimum atomic E-state index is 0.373. The van der Waals surface area contributed by atoms with Crippen LogP contribution in [0.1, 0.15) is 18.4 Å². The molecule has 1 aromatic carbocycles. The van der Waals surface area contributed by atoms with E-state index in [0.29, 0.717) is 5.75 Å². The number of piperidine rings is 1. The van der Waals surface area contributed by atoms with E-state index in [9.17, 15) is 5.11 Å². The van der Waals surface area contributed by atoms with Crippen molar-refractivity contribution in [3.05, 3.63) is 29.8 Å². The molecule has 0 radical (unpaired) electrons. The Kier molecular flexibility index (Phi) is 4.55. The van der Waals surface area contributed by atoms with Crippen LogP contribution in [0.25, 0.3) is 0 Å². The summed E-state index contributed by atoms with van der Waals surface area (Å²) in [4.78, 5) is 0. The van der Waals surface area contributed by atoms with Crippen LogP contribution < -0.4 is 5.32 Å². The lowest BCUT2D eigenvalue weighted by Crippen LogP contribution is -2.30. The van der Waals surface area contributed by atoms with E-state index in [1.165, 1.54) is 37.2 Å². The normalized spacial score (nSPS) is 20.9. The van der Waals surface area contributed by atoms with Crippen LogP contribution in [0.2, 0.25) is 0 Å². The number of nitrogens with one attached hydrogen (secondary N) is 1. The Morgan fingerprint density at radius 3 is 3.12 bits per heavy atom. The molecule has 2 N–H and O–H groups in total.